The molecule has 0 atom stereocenters. The Morgan fingerprint density at radius 3 is 2.67 bits per heavy atom. The monoisotopic (exact) mass is 337 g/mol. The van der Waals surface area contributed by atoms with Gasteiger partial charge in [0.25, 0.3) is 0 Å². The molecule has 1 saturated heterocycles. The molecule has 0 N–H and O–H groups in total. The minimum atomic E-state index is -0.251. The Balaban J connectivity index is 1.59. The highest BCUT2D eigenvalue weighted by Gasteiger charge is 2.17. The summed E-state index contributed by atoms with van der Waals surface area (Å²) in [4.78, 5) is 4.63. The van der Waals surface area contributed by atoms with Crippen LogP contribution in [0.15, 0.2) is 54.6 Å². The summed E-state index contributed by atoms with van der Waals surface area (Å²) >= 11 is 6.04. The number of rotatable bonds is 3. The van der Waals surface area contributed by atoms with Crippen LogP contribution in [0, 0.1) is 0 Å². The molecule has 1 fully saturated rings. The van der Waals surface area contributed by atoms with Crippen LogP contribution in [0.3, 0.4) is 0 Å². The normalized spacial score (nSPS) is 15.5. The first-order valence-corrected chi connectivity index (χ1v) is 8.23. The number of hydrogen-bond acceptors (Lipinski definition) is 3. The van der Waals surface area contributed by atoms with E-state index in [0.717, 1.165) is 27.7 Å². The number of aromatic nitrogens is 1. The lowest BCUT2D eigenvalue weighted by atomic mass is 10.1. The summed E-state index contributed by atoms with van der Waals surface area (Å²) in [5.41, 5.74) is 3.90. The number of halogens is 1. The molecule has 3 aromatic rings. The lowest BCUT2D eigenvalue weighted by Gasteiger charge is -2.09. The predicted molar refractivity (Wildman–Crippen MR) is 96.8 cm³/mol. The van der Waals surface area contributed by atoms with E-state index in [2.05, 4.69) is 17.1 Å². The van der Waals surface area contributed by atoms with Crippen molar-refractivity contribution in [2.24, 2.45) is 0 Å². The van der Waals surface area contributed by atoms with E-state index in [4.69, 9.17) is 21.1 Å². The third kappa shape index (κ3) is 3.34. The third-order valence-corrected chi connectivity index (χ3v) is 4.16. The summed E-state index contributed by atoms with van der Waals surface area (Å²) in [6, 6.07) is 17.9. The van der Waals surface area contributed by atoms with Crippen LogP contribution >= 0.6 is 11.6 Å². The Morgan fingerprint density at radius 1 is 0.958 bits per heavy atom. The lowest BCUT2D eigenvalue weighted by Crippen LogP contribution is -1.97. The second kappa shape index (κ2) is 6.73. The van der Waals surface area contributed by atoms with Crippen molar-refractivity contribution in [3.05, 3.63) is 76.4 Å². The number of pyridine rings is 1. The van der Waals surface area contributed by atoms with Crippen molar-refractivity contribution in [3.8, 4) is 0 Å². The quantitative estimate of drug-likeness (QED) is 0.666. The molecule has 0 amide bonds. The summed E-state index contributed by atoms with van der Waals surface area (Å²) in [5, 5.41) is 1.77. The first-order valence-electron chi connectivity index (χ1n) is 7.85. The van der Waals surface area contributed by atoms with Gasteiger partial charge in [-0.25, -0.2) is 4.98 Å². The van der Waals surface area contributed by atoms with E-state index in [9.17, 15) is 0 Å². The van der Waals surface area contributed by atoms with E-state index in [1.54, 1.807) is 0 Å². The van der Waals surface area contributed by atoms with Gasteiger partial charge < -0.3 is 9.47 Å². The van der Waals surface area contributed by atoms with Crippen molar-refractivity contribution in [1.82, 2.24) is 4.98 Å². The molecule has 4 rings (SSSR count). The topological polar surface area (TPSA) is 31.4 Å². The molecule has 0 unspecified atom stereocenters. The van der Waals surface area contributed by atoms with Crippen LogP contribution in [-0.2, 0) is 9.47 Å². The largest absolute Gasteiger partial charge is 0.346 e. The fourth-order valence-electron chi connectivity index (χ4n) is 2.74. The smallest absolute Gasteiger partial charge is 0.184 e. The second-order valence-electron chi connectivity index (χ2n) is 5.65. The molecule has 0 saturated carbocycles. The Hall–Kier alpha value is -2.20. The maximum absolute atomic E-state index is 6.04. The molecule has 0 spiro atoms. The Labute approximate surface area is 145 Å². The van der Waals surface area contributed by atoms with Crippen LogP contribution in [-0.4, -0.2) is 18.2 Å². The molecule has 0 radical (unpaired) electrons. The second-order valence-corrected chi connectivity index (χ2v) is 6.09. The molecule has 3 nitrogen and oxygen atoms in total. The molecule has 4 heteroatoms. The molecule has 0 aliphatic carbocycles. The lowest BCUT2D eigenvalue weighted by molar-refractivity contribution is -0.0441. The molecule has 24 heavy (non-hydrogen) atoms. The first-order chi connectivity index (χ1) is 11.8. The van der Waals surface area contributed by atoms with Crippen LogP contribution in [0.25, 0.3) is 23.1 Å². The Kier molecular flexibility index (Phi) is 4.30. The fourth-order valence-corrected chi connectivity index (χ4v) is 2.91. The van der Waals surface area contributed by atoms with Crippen molar-refractivity contribution < 1.29 is 9.47 Å². The highest BCUT2D eigenvalue weighted by molar-refractivity contribution is 6.31. The van der Waals surface area contributed by atoms with Crippen molar-refractivity contribution in [2.45, 2.75) is 6.29 Å². The summed E-state index contributed by atoms with van der Waals surface area (Å²) in [7, 11) is 0. The standard InChI is InChI=1S/C20H16ClNO2/c21-17-7-5-15-6-9-18(22-19(15)13-17)8-4-14-2-1-3-16(12-14)20-23-10-11-24-20/h1-9,12-13,20H,10-11H2. The van der Waals surface area contributed by atoms with E-state index < -0.39 is 0 Å². The van der Waals surface area contributed by atoms with E-state index >= 15 is 0 Å². The van der Waals surface area contributed by atoms with Crippen LogP contribution in [0.1, 0.15) is 23.1 Å². The number of hydrogen-bond donors (Lipinski definition) is 0. The van der Waals surface area contributed by atoms with Gasteiger partial charge in [0.05, 0.1) is 24.4 Å². The maximum atomic E-state index is 6.04. The predicted octanol–water partition coefficient (Wildman–Crippen LogP) is 5.10. The van der Waals surface area contributed by atoms with Gasteiger partial charge in [0, 0.05) is 16.0 Å². The van der Waals surface area contributed by atoms with Gasteiger partial charge in [0.1, 0.15) is 0 Å². The average molecular weight is 338 g/mol. The van der Waals surface area contributed by atoms with Gasteiger partial charge in [-0.15, -0.1) is 0 Å². The third-order valence-electron chi connectivity index (χ3n) is 3.93. The van der Waals surface area contributed by atoms with Crippen molar-refractivity contribution >= 4 is 34.7 Å². The highest BCUT2D eigenvalue weighted by atomic mass is 35.5. The van der Waals surface area contributed by atoms with E-state index in [0.29, 0.717) is 18.2 Å². The van der Waals surface area contributed by atoms with E-state index in [1.165, 1.54) is 0 Å². The summed E-state index contributed by atoms with van der Waals surface area (Å²) in [5.74, 6) is 0. The van der Waals surface area contributed by atoms with Crippen LogP contribution < -0.4 is 0 Å². The van der Waals surface area contributed by atoms with Gasteiger partial charge in [-0.1, -0.05) is 48.0 Å². The van der Waals surface area contributed by atoms with Crippen molar-refractivity contribution in [2.75, 3.05) is 13.2 Å². The Bertz CT molecular complexity index is 901. The van der Waals surface area contributed by atoms with Gasteiger partial charge in [-0.3, -0.25) is 0 Å². The minimum Gasteiger partial charge on any atom is -0.346 e. The zero-order valence-electron chi connectivity index (χ0n) is 13.0. The van der Waals surface area contributed by atoms with Gasteiger partial charge in [-0.2, -0.15) is 0 Å². The molecule has 1 aromatic heterocycles. The molecule has 1 aliphatic rings. The number of benzene rings is 2. The van der Waals surface area contributed by atoms with Gasteiger partial charge in [-0.05, 0) is 35.9 Å². The SMILES string of the molecule is Clc1ccc2ccc(C=Cc3cccc(C4OCCO4)c3)nc2c1. The fraction of sp³-hybridized carbons (Fsp3) is 0.150. The molecule has 120 valence electrons. The summed E-state index contributed by atoms with van der Waals surface area (Å²) < 4.78 is 11.1. The molecular formula is C20H16ClNO2. The average Bonchev–Trinajstić information content (AvgIpc) is 3.14. The highest BCUT2D eigenvalue weighted by Crippen LogP contribution is 2.24. The number of nitrogens with zero attached hydrogens (tertiary/aromatic N) is 1. The summed E-state index contributed by atoms with van der Waals surface area (Å²) in [6.45, 7) is 1.29. The molecular weight excluding hydrogens is 322 g/mol. The number of fused-ring (bicyclic) bond motifs is 1. The maximum Gasteiger partial charge on any atom is 0.184 e. The number of ether oxygens (including phenoxy) is 2. The van der Waals surface area contributed by atoms with Gasteiger partial charge in [0.15, 0.2) is 6.29 Å². The van der Waals surface area contributed by atoms with E-state index in [-0.39, 0.29) is 6.29 Å². The first kappa shape index (κ1) is 15.3. The van der Waals surface area contributed by atoms with Crippen molar-refractivity contribution in [3.63, 3.8) is 0 Å². The molecule has 1 aliphatic heterocycles. The zero-order valence-corrected chi connectivity index (χ0v) is 13.7. The minimum absolute atomic E-state index is 0.251. The molecule has 2 heterocycles. The van der Waals surface area contributed by atoms with E-state index in [1.807, 2.05) is 54.6 Å². The van der Waals surface area contributed by atoms with Gasteiger partial charge in [0.2, 0.25) is 0 Å². The van der Waals surface area contributed by atoms with Crippen LogP contribution in [0.5, 0.6) is 0 Å². The van der Waals surface area contributed by atoms with Crippen LogP contribution in [0.4, 0.5) is 0 Å². The van der Waals surface area contributed by atoms with Crippen LogP contribution in [0.2, 0.25) is 5.02 Å². The van der Waals surface area contributed by atoms with Crippen molar-refractivity contribution in [1.29, 1.82) is 0 Å². The Morgan fingerprint density at radius 2 is 1.79 bits per heavy atom. The molecule has 0 bridgehead atoms. The molecule has 2 aromatic carbocycles. The zero-order chi connectivity index (χ0) is 16.4. The van der Waals surface area contributed by atoms with Gasteiger partial charge >= 0.3 is 0 Å². The summed E-state index contributed by atoms with van der Waals surface area (Å²) in [6.07, 6.45) is 3.78.